The molecule has 2 aromatic rings. The van der Waals surface area contributed by atoms with Crippen LogP contribution in [0.2, 0.25) is 0 Å². The molecule has 144 valence electrons. The predicted octanol–water partition coefficient (Wildman–Crippen LogP) is 2.49. The van der Waals surface area contributed by atoms with Crippen LogP contribution >= 0.6 is 0 Å². The Morgan fingerprint density at radius 3 is 2.56 bits per heavy atom. The van der Waals surface area contributed by atoms with Gasteiger partial charge in [0.05, 0.1) is 25.6 Å². The lowest BCUT2D eigenvalue weighted by Gasteiger charge is -2.33. The van der Waals surface area contributed by atoms with Gasteiger partial charge in [0.15, 0.2) is 11.5 Å². The van der Waals surface area contributed by atoms with Crippen LogP contribution in [-0.4, -0.2) is 62.7 Å². The highest BCUT2D eigenvalue weighted by atomic mass is 16.5. The Kier molecular flexibility index (Phi) is 6.13. The van der Waals surface area contributed by atoms with Crippen molar-refractivity contribution < 1.29 is 14.3 Å². The first-order chi connectivity index (χ1) is 13.1. The van der Waals surface area contributed by atoms with Gasteiger partial charge in [-0.25, -0.2) is 4.98 Å². The van der Waals surface area contributed by atoms with E-state index in [2.05, 4.69) is 27.1 Å². The summed E-state index contributed by atoms with van der Waals surface area (Å²) in [5, 5.41) is 2.88. The van der Waals surface area contributed by atoms with E-state index < -0.39 is 0 Å². The number of piperazine rings is 1. The third-order valence-corrected chi connectivity index (χ3v) is 4.56. The smallest absolute Gasteiger partial charge is 0.255 e. The van der Waals surface area contributed by atoms with Crippen LogP contribution in [-0.2, 0) is 0 Å². The molecule has 0 atom stereocenters. The van der Waals surface area contributed by atoms with E-state index in [1.807, 2.05) is 19.1 Å². The molecule has 1 amide bonds. The molecular weight excluding hydrogens is 344 g/mol. The Morgan fingerprint density at radius 2 is 1.93 bits per heavy atom. The number of benzene rings is 1. The number of likely N-dealkylation sites (N-methyl/N-ethyl adjacent to an activating group) is 1. The molecule has 0 saturated carbocycles. The van der Waals surface area contributed by atoms with Gasteiger partial charge < -0.3 is 24.6 Å². The number of carbonyl (C=O) groups is 1. The van der Waals surface area contributed by atoms with Gasteiger partial charge in [-0.2, -0.15) is 0 Å². The first kappa shape index (κ1) is 19.0. The van der Waals surface area contributed by atoms with Crippen LogP contribution in [0.5, 0.6) is 11.5 Å². The third-order valence-electron chi connectivity index (χ3n) is 4.56. The number of pyridine rings is 1. The Hall–Kier alpha value is -2.80. The standard InChI is InChI=1S/C20H26N4O3/c1-4-27-18-13-15(5-7-17(18)26-3)20(25)22-16-6-8-19(21-14-16)24-11-9-23(2)10-12-24/h5-8,13-14H,4,9-12H2,1-3H3,(H,22,25). The van der Waals surface area contributed by atoms with E-state index in [1.54, 1.807) is 31.5 Å². The molecule has 7 nitrogen and oxygen atoms in total. The van der Waals surface area contributed by atoms with Crippen LogP contribution in [0, 0.1) is 0 Å². The minimum atomic E-state index is -0.215. The Balaban J connectivity index is 1.66. The van der Waals surface area contributed by atoms with E-state index in [4.69, 9.17) is 9.47 Å². The summed E-state index contributed by atoms with van der Waals surface area (Å²) in [6, 6.07) is 8.95. The van der Waals surface area contributed by atoms with E-state index in [0.717, 1.165) is 32.0 Å². The molecule has 0 bridgehead atoms. The summed E-state index contributed by atoms with van der Waals surface area (Å²) in [6.07, 6.45) is 1.69. The molecule has 2 heterocycles. The maximum Gasteiger partial charge on any atom is 0.255 e. The SMILES string of the molecule is CCOc1cc(C(=O)Nc2ccc(N3CCN(C)CC3)nc2)ccc1OC. The fourth-order valence-electron chi connectivity index (χ4n) is 2.97. The lowest BCUT2D eigenvalue weighted by molar-refractivity contribution is 0.102. The summed E-state index contributed by atoms with van der Waals surface area (Å²) < 4.78 is 10.8. The fourth-order valence-corrected chi connectivity index (χ4v) is 2.97. The fraction of sp³-hybridized carbons (Fsp3) is 0.400. The van der Waals surface area contributed by atoms with E-state index in [1.165, 1.54) is 0 Å². The van der Waals surface area contributed by atoms with Crippen LogP contribution in [0.25, 0.3) is 0 Å². The summed E-state index contributed by atoms with van der Waals surface area (Å²) in [6.45, 7) is 6.36. The maximum absolute atomic E-state index is 12.5. The normalized spacial score (nSPS) is 14.7. The van der Waals surface area contributed by atoms with Gasteiger partial charge in [0, 0.05) is 31.7 Å². The highest BCUT2D eigenvalue weighted by Crippen LogP contribution is 2.28. The minimum Gasteiger partial charge on any atom is -0.493 e. The minimum absolute atomic E-state index is 0.215. The number of carbonyl (C=O) groups excluding carboxylic acids is 1. The predicted molar refractivity (Wildman–Crippen MR) is 106 cm³/mol. The number of aromatic nitrogens is 1. The van der Waals surface area contributed by atoms with Crippen LogP contribution in [0.15, 0.2) is 36.5 Å². The molecule has 7 heteroatoms. The molecule has 1 aromatic heterocycles. The van der Waals surface area contributed by atoms with Crippen LogP contribution in [0.1, 0.15) is 17.3 Å². The highest BCUT2D eigenvalue weighted by Gasteiger charge is 2.16. The number of amides is 1. The van der Waals surface area contributed by atoms with Gasteiger partial charge in [-0.3, -0.25) is 4.79 Å². The lowest BCUT2D eigenvalue weighted by Crippen LogP contribution is -2.44. The van der Waals surface area contributed by atoms with Crippen molar-refractivity contribution in [2.24, 2.45) is 0 Å². The number of hydrogen-bond donors (Lipinski definition) is 1. The van der Waals surface area contributed by atoms with E-state index in [-0.39, 0.29) is 5.91 Å². The molecule has 1 aromatic carbocycles. The van der Waals surface area contributed by atoms with Crippen molar-refractivity contribution >= 4 is 17.4 Å². The zero-order valence-corrected chi connectivity index (χ0v) is 16.1. The van der Waals surface area contributed by atoms with Crippen molar-refractivity contribution in [3.05, 3.63) is 42.1 Å². The van der Waals surface area contributed by atoms with Gasteiger partial charge in [0.25, 0.3) is 5.91 Å². The number of hydrogen-bond acceptors (Lipinski definition) is 6. The first-order valence-electron chi connectivity index (χ1n) is 9.12. The molecule has 0 unspecified atom stereocenters. The second kappa shape index (κ2) is 8.73. The second-order valence-electron chi connectivity index (χ2n) is 6.45. The molecular formula is C20H26N4O3. The third kappa shape index (κ3) is 4.68. The highest BCUT2D eigenvalue weighted by molar-refractivity contribution is 6.04. The molecule has 1 fully saturated rings. The molecule has 1 aliphatic heterocycles. The quantitative estimate of drug-likeness (QED) is 0.843. The Morgan fingerprint density at radius 1 is 1.15 bits per heavy atom. The van der Waals surface area contributed by atoms with Crippen molar-refractivity contribution in [3.63, 3.8) is 0 Å². The topological polar surface area (TPSA) is 66.9 Å². The lowest BCUT2D eigenvalue weighted by atomic mass is 10.2. The number of ether oxygens (including phenoxy) is 2. The average molecular weight is 370 g/mol. The molecule has 27 heavy (non-hydrogen) atoms. The molecule has 1 N–H and O–H groups in total. The summed E-state index contributed by atoms with van der Waals surface area (Å²) in [4.78, 5) is 21.6. The van der Waals surface area contributed by atoms with Gasteiger partial charge in [-0.1, -0.05) is 0 Å². The van der Waals surface area contributed by atoms with Crippen LogP contribution in [0.3, 0.4) is 0 Å². The molecule has 1 aliphatic rings. The first-order valence-corrected chi connectivity index (χ1v) is 9.12. The number of anilines is 2. The van der Waals surface area contributed by atoms with E-state index in [9.17, 15) is 4.79 Å². The van der Waals surface area contributed by atoms with Crippen molar-refractivity contribution in [2.45, 2.75) is 6.92 Å². The summed E-state index contributed by atoms with van der Waals surface area (Å²) in [5.74, 6) is 1.87. The van der Waals surface area contributed by atoms with Gasteiger partial charge in [0.1, 0.15) is 5.82 Å². The Bertz CT molecular complexity index is 771. The maximum atomic E-state index is 12.5. The van der Waals surface area contributed by atoms with E-state index >= 15 is 0 Å². The van der Waals surface area contributed by atoms with Gasteiger partial charge in [-0.05, 0) is 44.3 Å². The van der Waals surface area contributed by atoms with Crippen LogP contribution < -0.4 is 19.7 Å². The summed E-state index contributed by atoms with van der Waals surface area (Å²) >= 11 is 0. The van der Waals surface area contributed by atoms with E-state index in [0.29, 0.717) is 29.4 Å². The van der Waals surface area contributed by atoms with Crippen molar-refractivity contribution in [1.82, 2.24) is 9.88 Å². The second-order valence-corrected chi connectivity index (χ2v) is 6.45. The number of methoxy groups -OCH3 is 1. The zero-order valence-electron chi connectivity index (χ0n) is 16.1. The Labute approximate surface area is 159 Å². The van der Waals surface area contributed by atoms with Crippen molar-refractivity contribution in [1.29, 1.82) is 0 Å². The molecule has 1 saturated heterocycles. The monoisotopic (exact) mass is 370 g/mol. The average Bonchev–Trinajstić information content (AvgIpc) is 2.69. The van der Waals surface area contributed by atoms with Crippen molar-refractivity contribution in [2.75, 3.05) is 57.2 Å². The van der Waals surface area contributed by atoms with Crippen LogP contribution in [0.4, 0.5) is 11.5 Å². The number of rotatable bonds is 6. The molecule has 3 rings (SSSR count). The number of nitrogens with one attached hydrogen (secondary N) is 1. The molecule has 0 radical (unpaired) electrons. The summed E-state index contributed by atoms with van der Waals surface area (Å²) in [7, 11) is 3.70. The van der Waals surface area contributed by atoms with Gasteiger partial charge in [0.2, 0.25) is 0 Å². The zero-order chi connectivity index (χ0) is 19.2. The van der Waals surface area contributed by atoms with Gasteiger partial charge >= 0.3 is 0 Å². The summed E-state index contributed by atoms with van der Waals surface area (Å²) in [5.41, 5.74) is 1.16. The molecule has 0 aliphatic carbocycles. The number of nitrogens with zero attached hydrogens (tertiary/aromatic N) is 3. The largest absolute Gasteiger partial charge is 0.493 e. The molecule has 0 spiro atoms. The van der Waals surface area contributed by atoms with Crippen molar-refractivity contribution in [3.8, 4) is 11.5 Å². The van der Waals surface area contributed by atoms with Gasteiger partial charge in [-0.15, -0.1) is 0 Å².